The van der Waals surface area contributed by atoms with Crippen LogP contribution in [0.2, 0.25) is 0 Å². The van der Waals surface area contributed by atoms with Crippen LogP contribution in [0.25, 0.3) is 5.32 Å². The Balaban J connectivity index is 0.000000963. The molecule has 2 unspecified atom stereocenters. The molecule has 2 aliphatic heterocycles. The van der Waals surface area contributed by atoms with E-state index in [0.717, 1.165) is 25.3 Å². The number of rotatable bonds is 2. The summed E-state index contributed by atoms with van der Waals surface area (Å²) in [5, 5.41) is 4.39. The van der Waals surface area contributed by atoms with E-state index >= 15 is 0 Å². The van der Waals surface area contributed by atoms with Crippen molar-refractivity contribution in [3.63, 3.8) is 0 Å². The summed E-state index contributed by atoms with van der Waals surface area (Å²) in [6, 6.07) is 4.45. The number of pyridine rings is 1. The Hall–Kier alpha value is 0.636. The molecule has 2 atom stereocenters. The first kappa shape index (κ1) is 13.1. The molecule has 0 aliphatic carbocycles. The maximum Gasteiger partial charge on any atom is 1.00 e. The quantitative estimate of drug-likeness (QED) is 0.597. The molecule has 3 heterocycles. The molecule has 1 aromatic heterocycles. The first-order chi connectivity index (χ1) is 7.33. The fourth-order valence-electron chi connectivity index (χ4n) is 2.42. The molecule has 16 heavy (non-hydrogen) atoms. The van der Waals surface area contributed by atoms with Crippen molar-refractivity contribution in [2.45, 2.75) is 25.0 Å². The first-order valence-electron chi connectivity index (χ1n) is 5.32. The molecule has 2 bridgehead atoms. The molecule has 0 aromatic carbocycles. The van der Waals surface area contributed by atoms with Gasteiger partial charge in [-0.3, -0.25) is 9.88 Å². The van der Waals surface area contributed by atoms with Crippen molar-refractivity contribution in [1.82, 2.24) is 9.88 Å². The summed E-state index contributed by atoms with van der Waals surface area (Å²) in [6.07, 6.45) is 2.56. The summed E-state index contributed by atoms with van der Waals surface area (Å²) in [5.74, 6) is -0.266. The van der Waals surface area contributed by atoms with Gasteiger partial charge in [-0.2, -0.15) is 0 Å². The molecular formula is C11H13FKN3. The molecule has 1 aromatic rings. The second kappa shape index (κ2) is 5.52. The van der Waals surface area contributed by atoms with E-state index in [9.17, 15) is 4.39 Å². The third-order valence-electron chi connectivity index (χ3n) is 3.30. The number of piperidine rings is 1. The van der Waals surface area contributed by atoms with Crippen molar-refractivity contribution in [2.75, 3.05) is 13.1 Å². The van der Waals surface area contributed by atoms with Crippen molar-refractivity contribution in [3.05, 3.63) is 35.2 Å². The number of aromatic nitrogens is 1. The number of halogens is 1. The predicted molar refractivity (Wildman–Crippen MR) is 55.0 cm³/mol. The zero-order chi connectivity index (χ0) is 10.3. The van der Waals surface area contributed by atoms with E-state index in [2.05, 4.69) is 15.2 Å². The van der Waals surface area contributed by atoms with Gasteiger partial charge in [-0.15, -0.1) is 13.1 Å². The molecule has 2 fully saturated rings. The summed E-state index contributed by atoms with van der Waals surface area (Å²) >= 11 is 0. The molecule has 5 heteroatoms. The van der Waals surface area contributed by atoms with E-state index in [4.69, 9.17) is 0 Å². The van der Waals surface area contributed by atoms with Gasteiger partial charge in [-0.25, -0.2) is 4.39 Å². The molecule has 0 radical (unpaired) electrons. The van der Waals surface area contributed by atoms with Crippen LogP contribution in [0, 0.1) is 5.82 Å². The van der Waals surface area contributed by atoms with E-state index in [-0.39, 0.29) is 57.2 Å². The Morgan fingerprint density at radius 2 is 2.12 bits per heavy atom. The molecule has 2 aliphatic rings. The minimum absolute atomic E-state index is 0. The fourth-order valence-corrected chi connectivity index (χ4v) is 2.42. The molecule has 2 saturated heterocycles. The Bertz CT molecular complexity index is 343. The number of fused-ring (bicyclic) bond motifs is 2. The van der Waals surface area contributed by atoms with Crippen LogP contribution in [-0.2, 0) is 6.54 Å². The van der Waals surface area contributed by atoms with E-state index in [1.165, 1.54) is 18.7 Å². The Morgan fingerprint density at radius 1 is 1.38 bits per heavy atom. The molecule has 0 spiro atoms. The van der Waals surface area contributed by atoms with Crippen LogP contribution in [0.15, 0.2) is 18.3 Å². The van der Waals surface area contributed by atoms with Crippen molar-refractivity contribution in [2.24, 2.45) is 0 Å². The van der Waals surface area contributed by atoms with Gasteiger partial charge in [0.05, 0.1) is 11.9 Å². The summed E-state index contributed by atoms with van der Waals surface area (Å²) in [4.78, 5) is 6.50. The summed E-state index contributed by atoms with van der Waals surface area (Å²) in [6.45, 7) is 2.75. The third-order valence-corrected chi connectivity index (χ3v) is 3.30. The van der Waals surface area contributed by atoms with Crippen molar-refractivity contribution in [3.8, 4) is 0 Å². The van der Waals surface area contributed by atoms with Gasteiger partial charge in [0.15, 0.2) is 0 Å². The smallest absolute Gasteiger partial charge is 0.660 e. The van der Waals surface area contributed by atoms with E-state index in [1.807, 2.05) is 0 Å². The second-order valence-electron chi connectivity index (χ2n) is 4.27. The maximum absolute atomic E-state index is 12.7. The van der Waals surface area contributed by atoms with Crippen molar-refractivity contribution < 1.29 is 55.8 Å². The molecule has 0 amide bonds. The van der Waals surface area contributed by atoms with Gasteiger partial charge in [-0.05, 0) is 30.6 Å². The van der Waals surface area contributed by atoms with Crippen molar-refractivity contribution in [1.29, 1.82) is 0 Å². The average Bonchev–Trinajstić information content (AvgIpc) is 2.29. The van der Waals surface area contributed by atoms with Crippen LogP contribution in [0.3, 0.4) is 0 Å². The largest absolute Gasteiger partial charge is 1.00 e. The summed E-state index contributed by atoms with van der Waals surface area (Å²) in [5.41, 5.74) is 0.952. The van der Waals surface area contributed by atoms with Gasteiger partial charge in [0.2, 0.25) is 0 Å². The van der Waals surface area contributed by atoms with Gasteiger partial charge in [0.1, 0.15) is 5.82 Å². The minimum atomic E-state index is -0.266. The standard InChI is InChI=1S/C11H13FN3.K/c12-8-1-2-9(14-4-8)7-15-10-3-11(15)6-13-5-10;/h1-2,4,10-11H,3,5-7H2;/q-1;+1. The Kier molecular flexibility index (Phi) is 4.51. The van der Waals surface area contributed by atoms with Crippen LogP contribution < -0.4 is 51.4 Å². The van der Waals surface area contributed by atoms with Crippen LogP contribution >= 0.6 is 0 Å². The van der Waals surface area contributed by atoms with Gasteiger partial charge in [0.25, 0.3) is 0 Å². The maximum atomic E-state index is 12.7. The summed E-state index contributed by atoms with van der Waals surface area (Å²) < 4.78 is 12.7. The zero-order valence-corrected chi connectivity index (χ0v) is 12.6. The van der Waals surface area contributed by atoms with E-state index in [0.29, 0.717) is 12.1 Å². The van der Waals surface area contributed by atoms with Gasteiger partial charge in [-0.1, -0.05) is 0 Å². The van der Waals surface area contributed by atoms with E-state index in [1.54, 1.807) is 6.07 Å². The number of nitrogens with zero attached hydrogens (tertiary/aromatic N) is 3. The number of hydrogen-bond acceptors (Lipinski definition) is 2. The SMILES string of the molecule is Fc1ccc(CN2C3C[N-]CC2C3)nc1.[K+]. The van der Waals surface area contributed by atoms with Gasteiger partial charge >= 0.3 is 51.4 Å². The van der Waals surface area contributed by atoms with Crippen molar-refractivity contribution >= 4 is 0 Å². The second-order valence-corrected chi connectivity index (χ2v) is 4.27. The third kappa shape index (κ3) is 2.56. The molecule has 0 N–H and O–H groups in total. The average molecular weight is 245 g/mol. The summed E-state index contributed by atoms with van der Waals surface area (Å²) in [7, 11) is 0. The van der Waals surface area contributed by atoms with Crippen LogP contribution in [0.4, 0.5) is 4.39 Å². The molecule has 80 valence electrons. The molecule has 3 rings (SSSR count). The van der Waals surface area contributed by atoms with E-state index < -0.39 is 0 Å². The molecular weight excluding hydrogens is 232 g/mol. The van der Waals surface area contributed by atoms with Crippen LogP contribution in [-0.4, -0.2) is 35.1 Å². The zero-order valence-electron chi connectivity index (χ0n) is 9.43. The fraction of sp³-hybridized carbons (Fsp3) is 0.545. The van der Waals surface area contributed by atoms with Gasteiger partial charge < -0.3 is 5.32 Å². The molecule has 0 saturated carbocycles. The Morgan fingerprint density at radius 3 is 2.69 bits per heavy atom. The number of piperazine rings is 1. The first-order valence-corrected chi connectivity index (χ1v) is 5.32. The Labute approximate surface area is 137 Å². The number of hydrogen-bond donors (Lipinski definition) is 0. The minimum Gasteiger partial charge on any atom is -0.660 e. The topological polar surface area (TPSA) is 30.2 Å². The van der Waals surface area contributed by atoms with Gasteiger partial charge in [0, 0.05) is 6.54 Å². The van der Waals surface area contributed by atoms with Crippen LogP contribution in [0.1, 0.15) is 12.1 Å². The monoisotopic (exact) mass is 245 g/mol. The normalized spacial score (nSPS) is 28.1. The molecule has 3 nitrogen and oxygen atoms in total. The predicted octanol–water partition coefficient (Wildman–Crippen LogP) is -1.45. The van der Waals surface area contributed by atoms with Crippen LogP contribution in [0.5, 0.6) is 0 Å².